The molecule has 0 aliphatic rings. The van der Waals surface area contributed by atoms with Crippen LogP contribution in [0.25, 0.3) is 0 Å². The lowest BCUT2D eigenvalue weighted by atomic mass is 9.72. The molecule has 33 heavy (non-hydrogen) atoms. The van der Waals surface area contributed by atoms with Crippen LogP contribution < -0.4 is 9.47 Å². The summed E-state index contributed by atoms with van der Waals surface area (Å²) < 4.78 is 97.0. The molecule has 10 heteroatoms. The van der Waals surface area contributed by atoms with E-state index in [1.807, 2.05) is 0 Å². The fourth-order valence-electron chi connectivity index (χ4n) is 3.02. The molecule has 0 aliphatic heterocycles. The highest BCUT2D eigenvalue weighted by molar-refractivity contribution is 5.89. The number of carbonyl (C=O) groups excluding carboxylic acids is 2. The maximum Gasteiger partial charge on any atom is 0.411 e. The normalized spacial score (nSPS) is 12.1. The fourth-order valence-corrected chi connectivity index (χ4v) is 3.02. The first-order chi connectivity index (χ1) is 15.1. The van der Waals surface area contributed by atoms with Crippen molar-refractivity contribution in [3.8, 4) is 11.5 Å². The van der Waals surface area contributed by atoms with Gasteiger partial charge >= 0.3 is 24.3 Å². The summed E-state index contributed by atoms with van der Waals surface area (Å²) in [6, 6.07) is 6.75. The van der Waals surface area contributed by atoms with Gasteiger partial charge < -0.3 is 9.47 Å². The Morgan fingerprint density at radius 3 is 1.24 bits per heavy atom. The summed E-state index contributed by atoms with van der Waals surface area (Å²) in [5.41, 5.74) is -8.05. The third kappa shape index (κ3) is 4.79. The Hall–Kier alpha value is -3.56. The first kappa shape index (κ1) is 25.7. The molecule has 0 saturated carbocycles. The molecule has 0 unspecified atom stereocenters. The third-order valence-electron chi connectivity index (χ3n) is 4.53. The quantitative estimate of drug-likeness (QED) is 0.222. The fraction of sp³-hybridized carbons (Fsp3) is 0.217. The van der Waals surface area contributed by atoms with Crippen LogP contribution in [0.2, 0.25) is 0 Å². The van der Waals surface area contributed by atoms with Crippen LogP contribution in [-0.4, -0.2) is 24.3 Å². The van der Waals surface area contributed by atoms with Gasteiger partial charge in [0.25, 0.3) is 0 Å². The number of alkyl halides is 6. The molecule has 0 saturated heterocycles. The topological polar surface area (TPSA) is 52.6 Å². The van der Waals surface area contributed by atoms with E-state index >= 15 is 0 Å². The molecule has 176 valence electrons. The zero-order valence-electron chi connectivity index (χ0n) is 17.4. The molecule has 0 aliphatic carbocycles. The Morgan fingerprint density at radius 2 is 0.970 bits per heavy atom. The van der Waals surface area contributed by atoms with Crippen LogP contribution in [-0.2, 0) is 15.0 Å². The first-order valence-electron chi connectivity index (χ1n) is 9.22. The predicted molar refractivity (Wildman–Crippen MR) is 107 cm³/mol. The molecule has 0 atom stereocenters. The summed E-state index contributed by atoms with van der Waals surface area (Å²) in [6.45, 7) is 8.91. The maximum atomic E-state index is 14.6. The Labute approximate surface area is 185 Å². The van der Waals surface area contributed by atoms with E-state index in [-0.39, 0.29) is 11.1 Å². The second kappa shape index (κ2) is 9.13. The Morgan fingerprint density at radius 1 is 0.667 bits per heavy atom. The van der Waals surface area contributed by atoms with Crippen LogP contribution in [0.5, 0.6) is 11.5 Å². The second-order valence-electron chi connectivity index (χ2n) is 7.08. The molecule has 2 rings (SSSR count). The number of esters is 2. The zero-order chi connectivity index (χ0) is 25.2. The van der Waals surface area contributed by atoms with Gasteiger partial charge in [0.1, 0.15) is 11.5 Å². The van der Waals surface area contributed by atoms with Crippen molar-refractivity contribution in [1.29, 1.82) is 0 Å². The van der Waals surface area contributed by atoms with Crippen molar-refractivity contribution < 1.29 is 45.4 Å². The van der Waals surface area contributed by atoms with E-state index < -0.39 is 52.3 Å². The van der Waals surface area contributed by atoms with Crippen molar-refractivity contribution in [2.45, 2.75) is 31.6 Å². The van der Waals surface area contributed by atoms with Crippen molar-refractivity contribution in [3.05, 3.63) is 84.0 Å². The monoisotopic (exact) mass is 472 g/mol. The summed E-state index contributed by atoms with van der Waals surface area (Å²) >= 11 is 0. The molecule has 0 spiro atoms. The number of hydrogen-bond acceptors (Lipinski definition) is 4. The number of halogens is 6. The van der Waals surface area contributed by atoms with Crippen molar-refractivity contribution >= 4 is 11.9 Å². The summed E-state index contributed by atoms with van der Waals surface area (Å²) in [5.74, 6) is -4.41. The minimum atomic E-state index is -6.01. The molecule has 0 aromatic heterocycles. The van der Waals surface area contributed by atoms with E-state index in [0.717, 1.165) is 36.4 Å². The van der Waals surface area contributed by atoms with Gasteiger partial charge in [0.2, 0.25) is 5.41 Å². The van der Waals surface area contributed by atoms with Gasteiger partial charge in [-0.2, -0.15) is 26.3 Å². The Balaban J connectivity index is 2.98. The van der Waals surface area contributed by atoms with Gasteiger partial charge in [-0.15, -0.1) is 0 Å². The SMILES string of the molecule is C=C(C)C(=O)Oc1ccccc1C(c1ccccc1OC(=O)C(=C)C)(C(F)(F)F)C(F)(F)F. The Kier molecular flexibility index (Phi) is 7.11. The lowest BCUT2D eigenvalue weighted by Crippen LogP contribution is -2.55. The van der Waals surface area contributed by atoms with Crippen LogP contribution in [0, 0.1) is 0 Å². The molecule has 4 nitrogen and oxygen atoms in total. The number of para-hydroxylation sites is 2. The maximum absolute atomic E-state index is 14.6. The highest BCUT2D eigenvalue weighted by Crippen LogP contribution is 2.59. The molecule has 0 fully saturated rings. The molecule has 0 radical (unpaired) electrons. The molecule has 2 aromatic carbocycles. The predicted octanol–water partition coefficient (Wildman–Crippen LogP) is 6.06. The molecule has 0 N–H and O–H groups in total. The van der Waals surface area contributed by atoms with E-state index in [9.17, 15) is 35.9 Å². The minimum absolute atomic E-state index is 0.245. The average molecular weight is 472 g/mol. The summed E-state index contributed by atoms with van der Waals surface area (Å²) in [6.07, 6.45) is -12.0. The number of hydrogen-bond donors (Lipinski definition) is 0. The average Bonchev–Trinajstić information content (AvgIpc) is 2.68. The van der Waals surface area contributed by atoms with Crippen molar-refractivity contribution in [3.63, 3.8) is 0 Å². The van der Waals surface area contributed by atoms with E-state index in [1.54, 1.807) is 0 Å². The van der Waals surface area contributed by atoms with Crippen LogP contribution in [0.3, 0.4) is 0 Å². The third-order valence-corrected chi connectivity index (χ3v) is 4.53. The molecule has 0 amide bonds. The molecule has 0 heterocycles. The standard InChI is InChI=1S/C23H18F6O4/c1-13(2)19(30)32-17-11-7-5-9-15(17)21(22(24,25)26,23(27,28)29)16-10-6-8-12-18(16)33-20(31)14(3)4/h5-12H,1,3H2,2,4H3. The van der Waals surface area contributed by atoms with Crippen LogP contribution >= 0.6 is 0 Å². The van der Waals surface area contributed by atoms with E-state index in [2.05, 4.69) is 13.2 Å². The summed E-state index contributed by atoms with van der Waals surface area (Å²) in [4.78, 5) is 23.9. The van der Waals surface area contributed by atoms with Crippen LogP contribution in [0.15, 0.2) is 72.8 Å². The van der Waals surface area contributed by atoms with Gasteiger partial charge in [-0.25, -0.2) is 9.59 Å². The molecular formula is C23H18F6O4. The first-order valence-corrected chi connectivity index (χ1v) is 9.22. The van der Waals surface area contributed by atoms with Gasteiger partial charge in [-0.05, 0) is 26.0 Å². The van der Waals surface area contributed by atoms with Crippen LogP contribution in [0.1, 0.15) is 25.0 Å². The number of ether oxygens (including phenoxy) is 2. The second-order valence-corrected chi connectivity index (χ2v) is 7.08. The van der Waals surface area contributed by atoms with Crippen molar-refractivity contribution in [2.24, 2.45) is 0 Å². The van der Waals surface area contributed by atoms with Crippen molar-refractivity contribution in [1.82, 2.24) is 0 Å². The van der Waals surface area contributed by atoms with Crippen LogP contribution in [0.4, 0.5) is 26.3 Å². The van der Waals surface area contributed by atoms with Gasteiger partial charge in [-0.1, -0.05) is 49.6 Å². The van der Waals surface area contributed by atoms with Gasteiger partial charge in [-0.3, -0.25) is 0 Å². The summed E-state index contributed by atoms with van der Waals surface area (Å²) in [5, 5.41) is 0. The highest BCUT2D eigenvalue weighted by Gasteiger charge is 2.74. The highest BCUT2D eigenvalue weighted by atomic mass is 19.4. The Bertz CT molecular complexity index is 1010. The molecular weight excluding hydrogens is 454 g/mol. The van der Waals surface area contributed by atoms with Gasteiger partial charge in [0.15, 0.2) is 0 Å². The minimum Gasteiger partial charge on any atom is -0.423 e. The smallest absolute Gasteiger partial charge is 0.411 e. The zero-order valence-corrected chi connectivity index (χ0v) is 17.4. The lowest BCUT2D eigenvalue weighted by Gasteiger charge is -2.39. The van der Waals surface area contributed by atoms with E-state index in [1.165, 1.54) is 13.8 Å². The van der Waals surface area contributed by atoms with E-state index in [4.69, 9.17) is 9.47 Å². The van der Waals surface area contributed by atoms with Crippen molar-refractivity contribution in [2.75, 3.05) is 0 Å². The lowest BCUT2D eigenvalue weighted by molar-refractivity contribution is -0.289. The number of benzene rings is 2. The largest absolute Gasteiger partial charge is 0.423 e. The summed E-state index contributed by atoms with van der Waals surface area (Å²) in [7, 11) is 0. The molecule has 2 aromatic rings. The number of rotatable bonds is 6. The molecule has 0 bridgehead atoms. The van der Waals surface area contributed by atoms with Gasteiger partial charge in [0.05, 0.1) is 0 Å². The van der Waals surface area contributed by atoms with E-state index in [0.29, 0.717) is 12.1 Å². The van der Waals surface area contributed by atoms with Gasteiger partial charge in [0, 0.05) is 22.3 Å². The number of carbonyl (C=O) groups is 2.